The van der Waals surface area contributed by atoms with Crippen molar-refractivity contribution in [3.63, 3.8) is 0 Å². The molecule has 0 bridgehead atoms. The first kappa shape index (κ1) is 26.4. The van der Waals surface area contributed by atoms with E-state index in [2.05, 4.69) is 32.6 Å². The van der Waals surface area contributed by atoms with E-state index in [9.17, 15) is 19.2 Å². The molecule has 0 aromatic heterocycles. The number of nitrogens with zero attached hydrogens (tertiary/aromatic N) is 1. The number of allylic oxidation sites excluding steroid dienone is 2. The second-order valence-corrected chi connectivity index (χ2v) is 10.4. The Labute approximate surface area is 227 Å². The highest BCUT2D eigenvalue weighted by Gasteiger charge is 2.35. The topological polar surface area (TPSA) is 82.0 Å². The molecule has 0 saturated heterocycles. The van der Waals surface area contributed by atoms with E-state index in [4.69, 9.17) is 0 Å². The number of para-hydroxylation sites is 1. The van der Waals surface area contributed by atoms with E-state index in [-0.39, 0.29) is 17.1 Å². The lowest BCUT2D eigenvalue weighted by atomic mass is 9.82. The Kier molecular flexibility index (Phi) is 8.27. The number of hydrogen-bond donors (Lipinski definition) is 2. The molecule has 5 nitrogen and oxygen atoms in total. The van der Waals surface area contributed by atoms with Crippen molar-refractivity contribution < 1.29 is 14.0 Å². The zero-order valence-electron chi connectivity index (χ0n) is 20.1. The van der Waals surface area contributed by atoms with Crippen LogP contribution in [-0.2, 0) is 4.79 Å². The van der Waals surface area contributed by atoms with Gasteiger partial charge in [-0.1, -0.05) is 70.2 Å². The Morgan fingerprint density at radius 3 is 2.49 bits per heavy atom. The second kappa shape index (κ2) is 11.6. The highest BCUT2D eigenvalue weighted by Crippen LogP contribution is 2.41. The summed E-state index contributed by atoms with van der Waals surface area (Å²) in [6, 6.07) is 22.5. The van der Waals surface area contributed by atoms with Gasteiger partial charge in [-0.3, -0.25) is 9.59 Å². The molecule has 1 amide bonds. The van der Waals surface area contributed by atoms with E-state index < -0.39 is 17.6 Å². The maximum Gasteiger partial charge on any atom is 0.254 e. The molecular formula is C29H23BrFN3O2S. The first-order valence-corrected chi connectivity index (χ1v) is 13.2. The highest BCUT2D eigenvalue weighted by molar-refractivity contribution is 9.10. The summed E-state index contributed by atoms with van der Waals surface area (Å²) < 4.78 is 15.1. The van der Waals surface area contributed by atoms with Crippen LogP contribution < -0.4 is 10.6 Å². The van der Waals surface area contributed by atoms with Gasteiger partial charge in [0.1, 0.15) is 5.82 Å². The number of amides is 1. The number of nitrogens with one attached hydrogen (secondary N) is 2. The van der Waals surface area contributed by atoms with E-state index in [1.54, 1.807) is 49.4 Å². The fourth-order valence-corrected chi connectivity index (χ4v) is 5.36. The fraction of sp³-hybridized carbons (Fsp3) is 0.138. The van der Waals surface area contributed by atoms with Crippen molar-refractivity contribution in [2.75, 3.05) is 11.1 Å². The molecule has 0 fully saturated rings. The second-order valence-electron chi connectivity index (χ2n) is 8.49. The molecule has 1 aliphatic heterocycles. The molecule has 0 radical (unpaired) electrons. The van der Waals surface area contributed by atoms with Crippen molar-refractivity contribution >= 4 is 45.1 Å². The minimum Gasteiger partial charge on any atom is -0.353 e. The number of nitriles is 1. The van der Waals surface area contributed by atoms with Crippen LogP contribution in [0.1, 0.15) is 34.3 Å². The number of halogens is 2. The van der Waals surface area contributed by atoms with E-state index in [0.717, 1.165) is 10.0 Å². The summed E-state index contributed by atoms with van der Waals surface area (Å²) in [5, 5.41) is 16.8. The van der Waals surface area contributed by atoms with E-state index >= 15 is 0 Å². The maximum atomic E-state index is 14.3. The van der Waals surface area contributed by atoms with Crippen LogP contribution in [0.3, 0.4) is 0 Å². The molecule has 37 heavy (non-hydrogen) atoms. The molecule has 1 unspecified atom stereocenters. The summed E-state index contributed by atoms with van der Waals surface area (Å²) in [5.41, 5.74) is 3.65. The summed E-state index contributed by atoms with van der Waals surface area (Å²) >= 11 is 4.55. The van der Waals surface area contributed by atoms with Crippen LogP contribution in [0.25, 0.3) is 0 Å². The number of ketones is 1. The summed E-state index contributed by atoms with van der Waals surface area (Å²) in [6.45, 7) is 3.63. The molecular weight excluding hydrogens is 553 g/mol. The molecule has 0 saturated carbocycles. The van der Waals surface area contributed by atoms with Crippen LogP contribution >= 0.6 is 27.7 Å². The molecule has 0 spiro atoms. The standard InChI is InChI=1S/C29H23BrFN3O2S/c1-17-6-3-4-9-24(17)34-28(36)26-18(2)33-29(37-16-25(35)19-10-12-21(30)13-11-19)23(15-32)27(26)20-7-5-8-22(31)14-20/h3-14,27,33H,16H2,1-2H3,(H,34,36). The molecule has 1 atom stereocenters. The van der Waals surface area contributed by atoms with Gasteiger partial charge in [-0.2, -0.15) is 5.26 Å². The average molecular weight is 576 g/mol. The van der Waals surface area contributed by atoms with E-state index in [0.29, 0.717) is 33.1 Å². The molecule has 186 valence electrons. The average Bonchev–Trinajstić information content (AvgIpc) is 2.88. The molecule has 3 aromatic rings. The molecule has 1 heterocycles. The fourth-order valence-electron chi connectivity index (χ4n) is 4.11. The Hall–Kier alpha value is -3.67. The molecule has 1 aliphatic rings. The van der Waals surface area contributed by atoms with Crippen molar-refractivity contribution in [2.24, 2.45) is 0 Å². The van der Waals surface area contributed by atoms with Gasteiger partial charge in [-0.25, -0.2) is 4.39 Å². The quantitative estimate of drug-likeness (QED) is 0.301. The first-order chi connectivity index (χ1) is 17.8. The van der Waals surface area contributed by atoms with Crippen molar-refractivity contribution in [3.05, 3.63) is 122 Å². The third-order valence-corrected chi connectivity index (χ3v) is 7.53. The number of thioether (sulfide) groups is 1. The number of carbonyl (C=O) groups excluding carboxylic acids is 2. The van der Waals surface area contributed by atoms with Gasteiger partial charge in [0, 0.05) is 27.0 Å². The number of dihydropyridines is 1. The van der Waals surface area contributed by atoms with Gasteiger partial charge < -0.3 is 10.6 Å². The third-order valence-electron chi connectivity index (χ3n) is 5.98. The van der Waals surface area contributed by atoms with Crippen molar-refractivity contribution in [1.29, 1.82) is 5.26 Å². The normalized spacial score (nSPS) is 15.2. The third kappa shape index (κ3) is 6.01. The van der Waals surface area contributed by atoms with Gasteiger partial charge in [-0.15, -0.1) is 0 Å². The van der Waals surface area contributed by atoms with E-state index in [1.165, 1.54) is 23.9 Å². The summed E-state index contributed by atoms with van der Waals surface area (Å²) in [6.07, 6.45) is 0. The minimum atomic E-state index is -0.809. The zero-order chi connectivity index (χ0) is 26.5. The first-order valence-electron chi connectivity index (χ1n) is 11.4. The van der Waals surface area contributed by atoms with Crippen molar-refractivity contribution in [2.45, 2.75) is 19.8 Å². The van der Waals surface area contributed by atoms with Crippen LogP contribution in [0, 0.1) is 24.1 Å². The zero-order valence-corrected chi connectivity index (χ0v) is 22.5. The lowest BCUT2D eigenvalue weighted by Gasteiger charge is -2.30. The summed E-state index contributed by atoms with van der Waals surface area (Å²) in [4.78, 5) is 26.3. The smallest absolute Gasteiger partial charge is 0.254 e. The Morgan fingerprint density at radius 1 is 1.08 bits per heavy atom. The Bertz CT molecular complexity index is 1470. The van der Waals surface area contributed by atoms with Gasteiger partial charge in [0.05, 0.1) is 28.3 Å². The monoisotopic (exact) mass is 575 g/mol. The Morgan fingerprint density at radius 2 is 1.81 bits per heavy atom. The van der Waals surface area contributed by atoms with Gasteiger partial charge in [0.25, 0.3) is 5.91 Å². The van der Waals surface area contributed by atoms with Gasteiger partial charge in [0.15, 0.2) is 5.78 Å². The summed E-state index contributed by atoms with van der Waals surface area (Å²) in [5.74, 6) is -1.68. The lowest BCUT2D eigenvalue weighted by molar-refractivity contribution is -0.113. The van der Waals surface area contributed by atoms with Crippen molar-refractivity contribution in [3.8, 4) is 6.07 Å². The Balaban J connectivity index is 1.69. The predicted molar refractivity (Wildman–Crippen MR) is 148 cm³/mol. The van der Waals surface area contributed by atoms with Crippen LogP contribution in [0.15, 0.2) is 99.1 Å². The summed E-state index contributed by atoms with van der Waals surface area (Å²) in [7, 11) is 0. The number of benzene rings is 3. The molecule has 2 N–H and O–H groups in total. The van der Waals surface area contributed by atoms with Gasteiger partial charge in [-0.05, 0) is 55.3 Å². The van der Waals surface area contributed by atoms with Crippen LogP contribution in [-0.4, -0.2) is 17.4 Å². The number of Topliss-reactive ketones (excluding diaryl/α,β-unsaturated/α-hetero) is 1. The molecule has 4 rings (SSSR count). The van der Waals surface area contributed by atoms with Gasteiger partial charge in [0.2, 0.25) is 0 Å². The largest absolute Gasteiger partial charge is 0.353 e. The van der Waals surface area contributed by atoms with Crippen LogP contribution in [0.2, 0.25) is 0 Å². The van der Waals surface area contributed by atoms with Crippen molar-refractivity contribution in [1.82, 2.24) is 5.32 Å². The molecule has 3 aromatic carbocycles. The predicted octanol–water partition coefficient (Wildman–Crippen LogP) is 6.85. The number of rotatable bonds is 7. The van der Waals surface area contributed by atoms with Gasteiger partial charge >= 0.3 is 0 Å². The highest BCUT2D eigenvalue weighted by atomic mass is 79.9. The molecule has 8 heteroatoms. The lowest BCUT2D eigenvalue weighted by Crippen LogP contribution is -2.31. The number of anilines is 1. The van der Waals surface area contributed by atoms with Crippen LogP contribution in [0.5, 0.6) is 0 Å². The SMILES string of the molecule is CC1=C(C(=O)Nc2ccccc2C)C(c2cccc(F)c2)C(C#N)=C(SCC(=O)c2ccc(Br)cc2)N1. The molecule has 0 aliphatic carbocycles. The number of aryl methyl sites for hydroxylation is 1. The maximum absolute atomic E-state index is 14.3. The number of hydrogen-bond acceptors (Lipinski definition) is 5. The van der Waals surface area contributed by atoms with Crippen LogP contribution in [0.4, 0.5) is 10.1 Å². The van der Waals surface area contributed by atoms with E-state index in [1.807, 2.05) is 25.1 Å². The number of carbonyl (C=O) groups is 2. The minimum absolute atomic E-state index is 0.0863.